The smallest absolute Gasteiger partial charge is 0.323 e. The zero-order valence-electron chi connectivity index (χ0n) is 10.3. The van der Waals surface area contributed by atoms with Crippen molar-refractivity contribution in [3.05, 3.63) is 31.3 Å². The van der Waals surface area contributed by atoms with Crippen LogP contribution in [0, 0.1) is 7.05 Å². The van der Waals surface area contributed by atoms with E-state index in [4.69, 9.17) is 12.2 Å². The summed E-state index contributed by atoms with van der Waals surface area (Å²) in [5.41, 5.74) is 1.81. The van der Waals surface area contributed by atoms with Gasteiger partial charge in [0.15, 0.2) is 0 Å². The van der Waals surface area contributed by atoms with Crippen LogP contribution in [-0.2, 0) is 4.79 Å². The quantitative estimate of drug-likeness (QED) is 0.765. The SMILES string of the molecule is [CH]N(CC)c1ccc(N(CC)CC(=O)O)cc1. The minimum absolute atomic E-state index is 0.00988. The topological polar surface area (TPSA) is 43.8 Å². The molecule has 0 saturated carbocycles. The Labute approximate surface area is 102 Å². The van der Waals surface area contributed by atoms with Crippen LogP contribution in [0.15, 0.2) is 24.3 Å². The highest BCUT2D eigenvalue weighted by molar-refractivity contribution is 5.74. The van der Waals surface area contributed by atoms with Crippen molar-refractivity contribution in [1.82, 2.24) is 0 Å². The van der Waals surface area contributed by atoms with Gasteiger partial charge in [-0.1, -0.05) is 0 Å². The third kappa shape index (κ3) is 3.66. The van der Waals surface area contributed by atoms with E-state index < -0.39 is 5.97 Å². The van der Waals surface area contributed by atoms with Crippen LogP contribution in [0.4, 0.5) is 11.4 Å². The molecule has 0 aromatic heterocycles. The molecule has 0 aliphatic carbocycles. The largest absolute Gasteiger partial charge is 0.480 e. The summed E-state index contributed by atoms with van der Waals surface area (Å²) >= 11 is 0. The average molecular weight is 234 g/mol. The van der Waals surface area contributed by atoms with E-state index in [1.165, 1.54) is 0 Å². The molecule has 1 aromatic rings. The number of carboxylic acids is 1. The molecule has 0 fully saturated rings. The zero-order chi connectivity index (χ0) is 12.8. The van der Waals surface area contributed by atoms with E-state index in [2.05, 4.69) is 0 Å². The van der Waals surface area contributed by atoms with E-state index in [0.29, 0.717) is 6.54 Å². The lowest BCUT2D eigenvalue weighted by Crippen LogP contribution is -2.29. The Kier molecular flexibility index (Phi) is 4.82. The Morgan fingerprint density at radius 3 is 2.12 bits per heavy atom. The second kappa shape index (κ2) is 6.13. The van der Waals surface area contributed by atoms with Crippen molar-refractivity contribution in [3.8, 4) is 0 Å². The molecule has 1 rings (SSSR count). The molecule has 17 heavy (non-hydrogen) atoms. The van der Waals surface area contributed by atoms with Crippen molar-refractivity contribution in [2.24, 2.45) is 0 Å². The highest BCUT2D eigenvalue weighted by Crippen LogP contribution is 2.20. The standard InChI is InChI=1S/C13H18N2O2/c1-4-14(3)11-6-8-12(9-7-11)15(5-2)10-13(16)17/h3,6-9H,4-5,10H2,1-2H3,(H,16,17). The predicted octanol–water partition coefficient (Wildman–Crippen LogP) is 2.09. The Morgan fingerprint density at radius 1 is 1.18 bits per heavy atom. The van der Waals surface area contributed by atoms with Crippen molar-refractivity contribution >= 4 is 17.3 Å². The Balaban J connectivity index is 2.81. The first-order valence-electron chi connectivity index (χ1n) is 5.67. The Hall–Kier alpha value is -1.71. The molecule has 0 unspecified atom stereocenters. The fourth-order valence-electron chi connectivity index (χ4n) is 1.59. The van der Waals surface area contributed by atoms with Gasteiger partial charge >= 0.3 is 5.97 Å². The van der Waals surface area contributed by atoms with Crippen LogP contribution in [0.5, 0.6) is 0 Å². The Morgan fingerprint density at radius 2 is 1.71 bits per heavy atom. The first-order chi connectivity index (χ1) is 8.08. The lowest BCUT2D eigenvalue weighted by molar-refractivity contribution is -0.135. The molecule has 0 bridgehead atoms. The second-order valence-electron chi connectivity index (χ2n) is 3.71. The minimum atomic E-state index is -0.829. The number of carbonyl (C=O) groups is 1. The van der Waals surface area contributed by atoms with E-state index in [1.807, 2.05) is 38.1 Å². The van der Waals surface area contributed by atoms with E-state index >= 15 is 0 Å². The van der Waals surface area contributed by atoms with Crippen molar-refractivity contribution < 1.29 is 9.90 Å². The molecule has 4 heteroatoms. The molecule has 1 N–H and O–H groups in total. The van der Waals surface area contributed by atoms with Crippen molar-refractivity contribution in [3.63, 3.8) is 0 Å². The van der Waals surface area contributed by atoms with Crippen LogP contribution in [-0.4, -0.2) is 30.7 Å². The molecule has 1 aromatic carbocycles. The van der Waals surface area contributed by atoms with Gasteiger partial charge in [0.05, 0.1) is 7.05 Å². The van der Waals surface area contributed by atoms with Crippen LogP contribution in [0.25, 0.3) is 0 Å². The molecular formula is C13H18N2O2. The molecule has 0 heterocycles. The Bertz CT molecular complexity index is 362. The molecule has 0 aliphatic heterocycles. The third-order valence-electron chi connectivity index (χ3n) is 2.60. The molecule has 2 radical (unpaired) electrons. The molecule has 0 saturated heterocycles. The van der Waals surface area contributed by atoms with Crippen molar-refractivity contribution in [1.29, 1.82) is 0 Å². The van der Waals surface area contributed by atoms with Crippen molar-refractivity contribution in [2.75, 3.05) is 29.4 Å². The van der Waals surface area contributed by atoms with Gasteiger partial charge in [0, 0.05) is 24.5 Å². The first-order valence-corrected chi connectivity index (χ1v) is 5.67. The van der Waals surface area contributed by atoms with Gasteiger partial charge in [-0.3, -0.25) is 4.79 Å². The first kappa shape index (κ1) is 13.4. The highest BCUT2D eigenvalue weighted by atomic mass is 16.4. The third-order valence-corrected chi connectivity index (χ3v) is 2.60. The van der Waals surface area contributed by atoms with E-state index in [-0.39, 0.29) is 6.54 Å². The van der Waals surface area contributed by atoms with Crippen LogP contribution in [0.3, 0.4) is 0 Å². The molecule has 0 aliphatic rings. The normalized spacial score (nSPS) is 10.1. The van der Waals surface area contributed by atoms with Gasteiger partial charge in [-0.2, -0.15) is 0 Å². The van der Waals surface area contributed by atoms with E-state index in [0.717, 1.165) is 17.9 Å². The number of aliphatic carboxylic acids is 1. The number of nitrogens with zero attached hydrogens (tertiary/aromatic N) is 2. The van der Waals surface area contributed by atoms with E-state index in [9.17, 15) is 4.79 Å². The fourth-order valence-corrected chi connectivity index (χ4v) is 1.59. The highest BCUT2D eigenvalue weighted by Gasteiger charge is 2.08. The summed E-state index contributed by atoms with van der Waals surface area (Å²) < 4.78 is 0. The molecular weight excluding hydrogens is 216 g/mol. The predicted molar refractivity (Wildman–Crippen MR) is 69.3 cm³/mol. The fraction of sp³-hybridized carbons (Fsp3) is 0.385. The summed E-state index contributed by atoms with van der Waals surface area (Å²) in [6.07, 6.45) is 0. The zero-order valence-corrected chi connectivity index (χ0v) is 10.3. The summed E-state index contributed by atoms with van der Waals surface area (Å²) in [7, 11) is 5.76. The van der Waals surface area contributed by atoms with Gasteiger partial charge in [-0.05, 0) is 38.1 Å². The maximum Gasteiger partial charge on any atom is 0.323 e. The molecule has 92 valence electrons. The average Bonchev–Trinajstić information content (AvgIpc) is 2.35. The number of hydrogen-bond acceptors (Lipinski definition) is 3. The molecule has 0 amide bonds. The number of rotatable bonds is 6. The maximum atomic E-state index is 10.7. The summed E-state index contributed by atoms with van der Waals surface area (Å²) in [4.78, 5) is 14.1. The van der Waals surface area contributed by atoms with Gasteiger partial charge in [0.1, 0.15) is 6.54 Å². The summed E-state index contributed by atoms with van der Waals surface area (Å²) in [6.45, 7) is 5.29. The summed E-state index contributed by atoms with van der Waals surface area (Å²) in [5, 5.41) is 8.79. The maximum absolute atomic E-state index is 10.7. The van der Waals surface area contributed by atoms with Gasteiger partial charge in [0.2, 0.25) is 0 Å². The van der Waals surface area contributed by atoms with E-state index in [1.54, 1.807) is 9.80 Å². The molecule has 4 nitrogen and oxygen atoms in total. The summed E-state index contributed by atoms with van der Waals surface area (Å²) in [5.74, 6) is -0.829. The lowest BCUT2D eigenvalue weighted by Gasteiger charge is -2.22. The van der Waals surface area contributed by atoms with Crippen LogP contribution in [0.2, 0.25) is 0 Å². The van der Waals surface area contributed by atoms with Crippen LogP contribution in [0.1, 0.15) is 13.8 Å². The van der Waals surface area contributed by atoms with Gasteiger partial charge in [0.25, 0.3) is 0 Å². The van der Waals surface area contributed by atoms with Crippen molar-refractivity contribution in [2.45, 2.75) is 13.8 Å². The number of benzene rings is 1. The molecule has 0 spiro atoms. The lowest BCUT2D eigenvalue weighted by atomic mass is 10.2. The van der Waals surface area contributed by atoms with Crippen LogP contribution < -0.4 is 9.80 Å². The minimum Gasteiger partial charge on any atom is -0.480 e. The number of carboxylic acid groups (broad SMARTS) is 1. The molecule has 0 atom stereocenters. The van der Waals surface area contributed by atoms with Gasteiger partial charge in [-0.25, -0.2) is 0 Å². The van der Waals surface area contributed by atoms with Crippen LogP contribution >= 0.6 is 0 Å². The number of anilines is 2. The number of likely N-dealkylation sites (N-methyl/N-ethyl adjacent to an activating group) is 1. The summed E-state index contributed by atoms with van der Waals surface area (Å²) in [6, 6.07) is 7.56. The monoisotopic (exact) mass is 234 g/mol. The number of hydrogen-bond donors (Lipinski definition) is 1. The van der Waals surface area contributed by atoms with Gasteiger partial charge in [-0.15, -0.1) is 0 Å². The second-order valence-corrected chi connectivity index (χ2v) is 3.71. The van der Waals surface area contributed by atoms with Gasteiger partial charge < -0.3 is 14.9 Å².